The van der Waals surface area contributed by atoms with E-state index in [2.05, 4.69) is 10.6 Å². The van der Waals surface area contributed by atoms with Crippen molar-refractivity contribution in [1.29, 1.82) is 0 Å². The van der Waals surface area contributed by atoms with E-state index in [1.165, 1.54) is 0 Å². The maximum atomic E-state index is 12.1. The van der Waals surface area contributed by atoms with E-state index in [0.29, 0.717) is 0 Å². The van der Waals surface area contributed by atoms with Crippen molar-refractivity contribution in [1.82, 2.24) is 10.6 Å². The lowest BCUT2D eigenvalue weighted by Gasteiger charge is -2.56. The fourth-order valence-electron chi connectivity index (χ4n) is 5.32. The Labute approximate surface area is 227 Å². The molecule has 15 atom stereocenters. The summed E-state index contributed by atoms with van der Waals surface area (Å²) in [6.45, 7) is -0.643. The summed E-state index contributed by atoms with van der Waals surface area (Å²) in [6, 6.07) is -3.36. The molecule has 3 heterocycles. The van der Waals surface area contributed by atoms with Crippen LogP contribution in [-0.2, 0) is 28.5 Å². The SMILES string of the molecule is CC(=O)N[C@@H]1[C@@H](O)[C@H](O[C@@H]2O[C@H](CO)[C@H](O)[C@H](O)[C@H]2O)[C@@H](CO)O[C@H]1[C@]1(O)[C@H](O)[C@@H](NC(C)=O)C(O)O[C@@H]1CO. The molecular formula is C22H38N2O16. The maximum absolute atomic E-state index is 12.1. The van der Waals surface area contributed by atoms with Crippen LogP contribution in [0.15, 0.2) is 0 Å². The van der Waals surface area contributed by atoms with Gasteiger partial charge in [-0.1, -0.05) is 0 Å². The third kappa shape index (κ3) is 6.10. The molecule has 0 aliphatic carbocycles. The van der Waals surface area contributed by atoms with Gasteiger partial charge >= 0.3 is 0 Å². The summed E-state index contributed by atoms with van der Waals surface area (Å²) < 4.78 is 21.9. The van der Waals surface area contributed by atoms with Gasteiger partial charge in [-0.15, -0.1) is 0 Å². The van der Waals surface area contributed by atoms with Gasteiger partial charge < -0.3 is 80.6 Å². The van der Waals surface area contributed by atoms with E-state index >= 15 is 0 Å². The molecule has 3 aliphatic heterocycles. The average Bonchev–Trinajstić information content (AvgIpc) is 2.90. The Morgan fingerprint density at radius 2 is 1.32 bits per heavy atom. The monoisotopic (exact) mass is 586 g/mol. The second-order valence-electron chi connectivity index (χ2n) is 10.0. The van der Waals surface area contributed by atoms with Gasteiger partial charge in [0.05, 0.1) is 25.9 Å². The van der Waals surface area contributed by atoms with Crippen LogP contribution in [0.4, 0.5) is 0 Å². The zero-order chi connectivity index (χ0) is 30.1. The lowest BCUT2D eigenvalue weighted by Crippen LogP contribution is -2.80. The highest BCUT2D eigenvalue weighted by Gasteiger charge is 2.65. The molecule has 18 nitrogen and oxygen atoms in total. The number of hydrogen-bond donors (Lipinski definition) is 12. The van der Waals surface area contributed by atoms with E-state index in [1.54, 1.807) is 0 Å². The third-order valence-electron chi connectivity index (χ3n) is 7.34. The van der Waals surface area contributed by atoms with Gasteiger partial charge in [0.25, 0.3) is 0 Å². The van der Waals surface area contributed by atoms with E-state index in [-0.39, 0.29) is 0 Å². The van der Waals surface area contributed by atoms with E-state index < -0.39 is 123 Å². The van der Waals surface area contributed by atoms with Crippen molar-refractivity contribution in [3.8, 4) is 0 Å². The first kappa shape index (κ1) is 32.9. The highest BCUT2D eigenvalue weighted by atomic mass is 16.7. The van der Waals surface area contributed by atoms with Gasteiger partial charge in [0.1, 0.15) is 72.7 Å². The standard InChI is InChI=1S/C22H38N2O16/c1-6(28)23-11-14(31)17(40-21-16(33)15(32)13(30)8(3-25)38-21)9(4-26)37-19(11)22(36)10(5-27)39-20(35)12(18(22)34)24-7(2)29/h8-21,25-27,30-36H,3-5H2,1-2H3,(H,23,28)(H,24,29)/t8-,9-,10-,11-,12-,13+,14-,15+,16-,17-,18-,19-,20?,21+,22-/m1/s1. The minimum absolute atomic E-state index is 0.735. The van der Waals surface area contributed by atoms with E-state index in [0.717, 1.165) is 13.8 Å². The third-order valence-corrected chi connectivity index (χ3v) is 7.34. The van der Waals surface area contributed by atoms with Crippen LogP contribution in [-0.4, -0.2) is 174 Å². The van der Waals surface area contributed by atoms with Crippen LogP contribution in [0.25, 0.3) is 0 Å². The number of aliphatic hydroxyl groups is 10. The zero-order valence-corrected chi connectivity index (χ0v) is 21.6. The molecular weight excluding hydrogens is 548 g/mol. The average molecular weight is 587 g/mol. The number of carbonyl (C=O) groups excluding carboxylic acids is 2. The van der Waals surface area contributed by atoms with Crippen molar-refractivity contribution in [2.24, 2.45) is 0 Å². The predicted molar refractivity (Wildman–Crippen MR) is 125 cm³/mol. The predicted octanol–water partition coefficient (Wildman–Crippen LogP) is -7.90. The molecule has 0 radical (unpaired) electrons. The van der Waals surface area contributed by atoms with Crippen LogP contribution >= 0.6 is 0 Å². The second-order valence-corrected chi connectivity index (χ2v) is 10.0. The fraction of sp³-hybridized carbons (Fsp3) is 0.909. The first-order valence-corrected chi connectivity index (χ1v) is 12.5. The van der Waals surface area contributed by atoms with E-state index in [4.69, 9.17) is 18.9 Å². The van der Waals surface area contributed by atoms with E-state index in [1.807, 2.05) is 0 Å². The van der Waals surface area contributed by atoms with Crippen LogP contribution in [0.3, 0.4) is 0 Å². The number of amides is 2. The van der Waals surface area contributed by atoms with Gasteiger partial charge in [-0.3, -0.25) is 9.59 Å². The molecule has 1 unspecified atom stereocenters. The largest absolute Gasteiger partial charge is 0.394 e. The lowest BCUT2D eigenvalue weighted by molar-refractivity contribution is -0.361. The molecule has 3 fully saturated rings. The Balaban J connectivity index is 1.99. The molecule has 0 aromatic carbocycles. The van der Waals surface area contributed by atoms with Gasteiger partial charge in [0, 0.05) is 13.8 Å². The summed E-state index contributed by atoms with van der Waals surface area (Å²) >= 11 is 0. The van der Waals surface area contributed by atoms with Crippen LogP contribution in [0, 0.1) is 0 Å². The number of aliphatic hydroxyl groups excluding tert-OH is 9. The number of ether oxygens (including phenoxy) is 4. The number of hydrogen-bond acceptors (Lipinski definition) is 16. The molecule has 0 aromatic rings. The molecule has 2 amide bonds. The van der Waals surface area contributed by atoms with Gasteiger partial charge in [0.2, 0.25) is 11.8 Å². The Bertz CT molecular complexity index is 882. The molecule has 0 bridgehead atoms. The molecule has 0 saturated carbocycles. The lowest BCUT2D eigenvalue weighted by atomic mass is 9.73. The van der Waals surface area contributed by atoms with Crippen LogP contribution in [0.1, 0.15) is 13.8 Å². The maximum Gasteiger partial charge on any atom is 0.217 e. The number of rotatable bonds is 8. The van der Waals surface area contributed by atoms with Gasteiger partial charge in [-0.05, 0) is 0 Å². The minimum Gasteiger partial charge on any atom is -0.394 e. The molecule has 0 aromatic heterocycles. The summed E-state index contributed by atoms with van der Waals surface area (Å²) in [5.74, 6) is -1.51. The van der Waals surface area contributed by atoms with Crippen LogP contribution in [0.5, 0.6) is 0 Å². The first-order chi connectivity index (χ1) is 18.7. The molecule has 3 rings (SSSR count). The molecule has 232 valence electrons. The smallest absolute Gasteiger partial charge is 0.217 e. The van der Waals surface area contributed by atoms with Crippen molar-refractivity contribution in [2.45, 2.75) is 105 Å². The molecule has 18 heteroatoms. The van der Waals surface area contributed by atoms with Crippen molar-refractivity contribution in [3.63, 3.8) is 0 Å². The first-order valence-electron chi connectivity index (χ1n) is 12.5. The Morgan fingerprint density at radius 3 is 1.85 bits per heavy atom. The normalized spacial score (nSPS) is 47.9. The Kier molecular flexibility index (Phi) is 10.8. The molecule has 12 N–H and O–H groups in total. The topological polar surface area (TPSA) is 297 Å². The van der Waals surface area contributed by atoms with Crippen molar-refractivity contribution in [3.05, 3.63) is 0 Å². The summed E-state index contributed by atoms with van der Waals surface area (Å²) in [7, 11) is 0. The van der Waals surface area contributed by atoms with Crippen molar-refractivity contribution >= 4 is 11.8 Å². The highest BCUT2D eigenvalue weighted by molar-refractivity contribution is 5.74. The fourth-order valence-corrected chi connectivity index (χ4v) is 5.32. The Hall–Kier alpha value is -1.62. The van der Waals surface area contributed by atoms with E-state index in [9.17, 15) is 60.7 Å². The molecule has 0 spiro atoms. The van der Waals surface area contributed by atoms with Gasteiger partial charge in [0.15, 0.2) is 12.6 Å². The molecule has 40 heavy (non-hydrogen) atoms. The summed E-state index contributed by atoms with van der Waals surface area (Å²) in [5.41, 5.74) is -2.75. The van der Waals surface area contributed by atoms with Gasteiger partial charge in [-0.2, -0.15) is 0 Å². The zero-order valence-electron chi connectivity index (χ0n) is 21.6. The summed E-state index contributed by atoms with van der Waals surface area (Å²) in [4.78, 5) is 23.8. The quantitative estimate of drug-likeness (QED) is 0.126. The second kappa shape index (κ2) is 13.1. The van der Waals surface area contributed by atoms with Crippen LogP contribution < -0.4 is 10.6 Å². The summed E-state index contributed by atoms with van der Waals surface area (Å²) in [6.07, 6.45) is -21.6. The molecule has 3 aliphatic rings. The highest BCUT2D eigenvalue weighted by Crippen LogP contribution is 2.40. The number of carbonyl (C=O) groups is 2. The van der Waals surface area contributed by atoms with Crippen molar-refractivity contribution < 1.29 is 79.6 Å². The summed E-state index contributed by atoms with van der Waals surface area (Å²) in [5, 5.41) is 109. The minimum atomic E-state index is -2.75. The number of nitrogens with one attached hydrogen (secondary N) is 2. The van der Waals surface area contributed by atoms with Gasteiger partial charge in [-0.25, -0.2) is 0 Å². The Morgan fingerprint density at radius 1 is 0.750 bits per heavy atom. The van der Waals surface area contributed by atoms with Crippen molar-refractivity contribution in [2.75, 3.05) is 19.8 Å². The molecule has 3 saturated heterocycles. The van der Waals surface area contributed by atoms with Crippen LogP contribution in [0.2, 0.25) is 0 Å².